The van der Waals surface area contributed by atoms with Crippen molar-refractivity contribution in [1.29, 1.82) is 0 Å². The molecule has 2 aromatic carbocycles. The molecule has 2 heterocycles. The van der Waals surface area contributed by atoms with Crippen LogP contribution >= 0.6 is 23.2 Å². The van der Waals surface area contributed by atoms with Crippen LogP contribution in [0.2, 0.25) is 10.0 Å². The second-order valence-corrected chi connectivity index (χ2v) is 7.39. The number of carbonyl (C=O) groups excluding carboxylic acids is 1. The van der Waals surface area contributed by atoms with Gasteiger partial charge in [0.1, 0.15) is 5.82 Å². The predicted octanol–water partition coefficient (Wildman–Crippen LogP) is 4.73. The molecule has 1 aromatic heterocycles. The highest BCUT2D eigenvalue weighted by Gasteiger charge is 2.33. The minimum Gasteiger partial charge on any atom is -0.342 e. The van der Waals surface area contributed by atoms with E-state index < -0.39 is 0 Å². The van der Waals surface area contributed by atoms with Crippen molar-refractivity contribution in [2.24, 2.45) is 0 Å². The molecule has 4 rings (SSSR count). The second kappa shape index (κ2) is 6.93. The molecule has 4 nitrogen and oxygen atoms in total. The van der Waals surface area contributed by atoms with E-state index in [0.29, 0.717) is 29.6 Å². The SMILES string of the molecule is CCN1C[C@H](c2nc3ccccc3n2Cc2c(Cl)cccc2Cl)CC1=O. The van der Waals surface area contributed by atoms with E-state index in [0.717, 1.165) is 29.0 Å². The van der Waals surface area contributed by atoms with Gasteiger partial charge in [0.15, 0.2) is 0 Å². The van der Waals surface area contributed by atoms with Gasteiger partial charge in [0.05, 0.1) is 17.6 Å². The quantitative estimate of drug-likeness (QED) is 0.648. The molecule has 26 heavy (non-hydrogen) atoms. The van der Waals surface area contributed by atoms with Gasteiger partial charge in [-0.25, -0.2) is 4.98 Å². The Bertz CT molecular complexity index is 962. The molecule has 1 aliphatic rings. The number of likely N-dealkylation sites (N-methyl/N-ethyl adjacent to an activating group) is 1. The van der Waals surface area contributed by atoms with Crippen molar-refractivity contribution in [3.63, 3.8) is 0 Å². The molecule has 1 amide bonds. The average molecular weight is 388 g/mol. The normalized spacial score (nSPS) is 17.4. The lowest BCUT2D eigenvalue weighted by atomic mass is 10.1. The molecule has 0 saturated carbocycles. The first-order chi connectivity index (χ1) is 12.6. The number of carbonyl (C=O) groups is 1. The Hall–Kier alpha value is -2.04. The zero-order valence-electron chi connectivity index (χ0n) is 14.5. The summed E-state index contributed by atoms with van der Waals surface area (Å²) in [6.45, 7) is 3.97. The largest absolute Gasteiger partial charge is 0.342 e. The zero-order chi connectivity index (χ0) is 18.3. The van der Waals surface area contributed by atoms with Crippen molar-refractivity contribution in [3.05, 3.63) is 63.9 Å². The van der Waals surface area contributed by atoms with Crippen LogP contribution in [0.5, 0.6) is 0 Å². The van der Waals surface area contributed by atoms with Gasteiger partial charge in [-0.1, -0.05) is 41.4 Å². The summed E-state index contributed by atoms with van der Waals surface area (Å²) in [5.41, 5.74) is 2.82. The fourth-order valence-electron chi connectivity index (χ4n) is 3.66. The number of imidazole rings is 1. The number of benzene rings is 2. The van der Waals surface area contributed by atoms with Crippen LogP contribution in [0.3, 0.4) is 0 Å². The number of aromatic nitrogens is 2. The standard InChI is InChI=1S/C20H19Cl2N3O/c1-2-24-11-13(10-19(24)26)20-23-17-8-3-4-9-18(17)25(20)12-14-15(21)6-5-7-16(14)22/h3-9,13H,2,10-12H2,1H3/t13-/m1/s1. The highest BCUT2D eigenvalue weighted by Crippen LogP contribution is 2.33. The van der Waals surface area contributed by atoms with Crippen molar-refractivity contribution < 1.29 is 4.79 Å². The van der Waals surface area contributed by atoms with Crippen molar-refractivity contribution in [3.8, 4) is 0 Å². The Morgan fingerprint density at radius 2 is 1.85 bits per heavy atom. The molecule has 1 saturated heterocycles. The minimum atomic E-state index is 0.0797. The Morgan fingerprint density at radius 1 is 1.12 bits per heavy atom. The van der Waals surface area contributed by atoms with E-state index in [1.807, 2.05) is 54.3 Å². The maximum atomic E-state index is 12.2. The second-order valence-electron chi connectivity index (χ2n) is 6.58. The lowest BCUT2D eigenvalue weighted by Gasteiger charge is -2.16. The molecule has 3 aromatic rings. The van der Waals surface area contributed by atoms with Gasteiger partial charge in [0, 0.05) is 41.0 Å². The fraction of sp³-hybridized carbons (Fsp3) is 0.300. The average Bonchev–Trinajstić information content (AvgIpc) is 3.18. The molecule has 6 heteroatoms. The molecule has 0 unspecified atom stereocenters. The molecular formula is C20H19Cl2N3O. The van der Waals surface area contributed by atoms with E-state index in [1.165, 1.54) is 0 Å². The number of hydrogen-bond donors (Lipinski definition) is 0. The number of rotatable bonds is 4. The first-order valence-corrected chi connectivity index (χ1v) is 9.50. The lowest BCUT2D eigenvalue weighted by Crippen LogP contribution is -2.24. The van der Waals surface area contributed by atoms with Gasteiger partial charge < -0.3 is 9.47 Å². The van der Waals surface area contributed by atoms with E-state index in [4.69, 9.17) is 28.2 Å². The van der Waals surface area contributed by atoms with E-state index in [9.17, 15) is 4.79 Å². The number of nitrogens with zero attached hydrogens (tertiary/aromatic N) is 3. The molecule has 0 spiro atoms. The molecule has 0 aliphatic carbocycles. The lowest BCUT2D eigenvalue weighted by molar-refractivity contribution is -0.127. The summed E-state index contributed by atoms with van der Waals surface area (Å²) in [5.74, 6) is 1.19. The first-order valence-electron chi connectivity index (χ1n) is 8.74. The summed E-state index contributed by atoms with van der Waals surface area (Å²) in [7, 11) is 0. The van der Waals surface area contributed by atoms with Gasteiger partial charge in [0.2, 0.25) is 5.91 Å². The number of hydrogen-bond acceptors (Lipinski definition) is 2. The molecule has 1 aliphatic heterocycles. The monoisotopic (exact) mass is 387 g/mol. The number of para-hydroxylation sites is 2. The summed E-state index contributed by atoms with van der Waals surface area (Å²) in [4.78, 5) is 19.0. The van der Waals surface area contributed by atoms with Gasteiger partial charge in [-0.3, -0.25) is 4.79 Å². The van der Waals surface area contributed by atoms with Gasteiger partial charge in [0.25, 0.3) is 0 Å². The van der Waals surface area contributed by atoms with E-state index in [2.05, 4.69) is 4.57 Å². The summed E-state index contributed by atoms with van der Waals surface area (Å²) in [5, 5.41) is 1.28. The van der Waals surface area contributed by atoms with E-state index in [1.54, 1.807) is 0 Å². The van der Waals surface area contributed by atoms with Crippen LogP contribution in [0.15, 0.2) is 42.5 Å². The Labute approximate surface area is 162 Å². The van der Waals surface area contributed by atoms with E-state index in [-0.39, 0.29) is 11.8 Å². The third kappa shape index (κ3) is 2.97. The van der Waals surface area contributed by atoms with Crippen LogP contribution < -0.4 is 0 Å². The fourth-order valence-corrected chi connectivity index (χ4v) is 4.18. The highest BCUT2D eigenvalue weighted by atomic mass is 35.5. The van der Waals surface area contributed by atoms with Gasteiger partial charge in [-0.05, 0) is 31.2 Å². The maximum absolute atomic E-state index is 12.2. The Balaban J connectivity index is 1.81. The number of fused-ring (bicyclic) bond motifs is 1. The zero-order valence-corrected chi connectivity index (χ0v) is 16.0. The molecule has 1 atom stereocenters. The van der Waals surface area contributed by atoms with Crippen LogP contribution in [-0.4, -0.2) is 33.4 Å². The predicted molar refractivity (Wildman–Crippen MR) is 105 cm³/mol. The van der Waals surface area contributed by atoms with Crippen molar-refractivity contribution in [2.45, 2.75) is 25.8 Å². The molecule has 0 N–H and O–H groups in total. The Kier molecular flexibility index (Phi) is 4.63. The smallest absolute Gasteiger partial charge is 0.223 e. The topological polar surface area (TPSA) is 38.1 Å². The van der Waals surface area contributed by atoms with Crippen molar-refractivity contribution in [2.75, 3.05) is 13.1 Å². The molecule has 1 fully saturated rings. The van der Waals surface area contributed by atoms with Crippen molar-refractivity contribution in [1.82, 2.24) is 14.5 Å². The molecular weight excluding hydrogens is 369 g/mol. The molecule has 0 bridgehead atoms. The first kappa shape index (κ1) is 17.4. The molecule has 134 valence electrons. The Morgan fingerprint density at radius 3 is 2.54 bits per heavy atom. The van der Waals surface area contributed by atoms with Crippen LogP contribution in [0.25, 0.3) is 11.0 Å². The summed E-state index contributed by atoms with van der Waals surface area (Å²) in [6, 6.07) is 13.6. The number of likely N-dealkylation sites (tertiary alicyclic amines) is 1. The van der Waals surface area contributed by atoms with Gasteiger partial charge in [-0.15, -0.1) is 0 Å². The minimum absolute atomic E-state index is 0.0797. The summed E-state index contributed by atoms with van der Waals surface area (Å²) in [6.07, 6.45) is 0.493. The number of halogens is 2. The van der Waals surface area contributed by atoms with Gasteiger partial charge >= 0.3 is 0 Å². The third-order valence-corrected chi connectivity index (χ3v) is 5.73. The van der Waals surface area contributed by atoms with Crippen LogP contribution in [-0.2, 0) is 11.3 Å². The number of amides is 1. The van der Waals surface area contributed by atoms with Crippen LogP contribution in [0.1, 0.15) is 30.7 Å². The maximum Gasteiger partial charge on any atom is 0.223 e. The third-order valence-electron chi connectivity index (χ3n) is 5.02. The van der Waals surface area contributed by atoms with Crippen molar-refractivity contribution >= 4 is 40.1 Å². The van der Waals surface area contributed by atoms with Gasteiger partial charge in [-0.2, -0.15) is 0 Å². The van der Waals surface area contributed by atoms with Crippen LogP contribution in [0.4, 0.5) is 0 Å². The van der Waals surface area contributed by atoms with Crippen LogP contribution in [0, 0.1) is 0 Å². The van der Waals surface area contributed by atoms with E-state index >= 15 is 0 Å². The highest BCUT2D eigenvalue weighted by molar-refractivity contribution is 6.36. The summed E-state index contributed by atoms with van der Waals surface area (Å²) < 4.78 is 2.15. The molecule has 0 radical (unpaired) electrons. The summed E-state index contributed by atoms with van der Waals surface area (Å²) >= 11 is 12.8.